The molecule has 2 aromatic rings. The summed E-state index contributed by atoms with van der Waals surface area (Å²) >= 11 is 3.21. The maximum absolute atomic E-state index is 12.4. The SMILES string of the molecule is Cn1c(CC(F)(F)F)nc(Br)c1-c1ccccc1. The first-order chi connectivity index (χ1) is 8.38. The second-order valence-corrected chi connectivity index (χ2v) is 4.64. The van der Waals surface area contributed by atoms with E-state index in [-0.39, 0.29) is 5.82 Å². The molecule has 18 heavy (non-hydrogen) atoms. The van der Waals surface area contributed by atoms with E-state index in [1.807, 2.05) is 30.3 Å². The summed E-state index contributed by atoms with van der Waals surface area (Å²) in [5, 5.41) is 0. The van der Waals surface area contributed by atoms with Crippen LogP contribution >= 0.6 is 15.9 Å². The van der Waals surface area contributed by atoms with E-state index in [1.165, 1.54) is 4.57 Å². The first-order valence-electron chi connectivity index (χ1n) is 5.22. The van der Waals surface area contributed by atoms with Crippen LogP contribution in [0.15, 0.2) is 34.9 Å². The molecule has 96 valence electrons. The maximum atomic E-state index is 12.4. The molecule has 0 aliphatic heterocycles. The van der Waals surface area contributed by atoms with Crippen molar-refractivity contribution in [3.8, 4) is 11.3 Å². The lowest BCUT2D eigenvalue weighted by Crippen LogP contribution is -2.15. The molecule has 0 bridgehead atoms. The lowest BCUT2D eigenvalue weighted by molar-refractivity contribution is -0.128. The van der Waals surface area contributed by atoms with E-state index >= 15 is 0 Å². The van der Waals surface area contributed by atoms with Gasteiger partial charge in [-0.1, -0.05) is 30.3 Å². The Morgan fingerprint density at radius 2 is 1.83 bits per heavy atom. The highest BCUT2D eigenvalue weighted by Crippen LogP contribution is 2.30. The highest BCUT2D eigenvalue weighted by molar-refractivity contribution is 9.10. The Balaban J connectivity index is 2.45. The summed E-state index contributed by atoms with van der Waals surface area (Å²) < 4.78 is 39.1. The first kappa shape index (κ1) is 13.1. The highest BCUT2D eigenvalue weighted by atomic mass is 79.9. The zero-order chi connectivity index (χ0) is 13.3. The van der Waals surface area contributed by atoms with E-state index in [0.717, 1.165) is 5.56 Å². The molecule has 0 aliphatic carbocycles. The predicted octanol–water partition coefficient (Wildman–Crippen LogP) is 3.95. The molecule has 0 saturated carbocycles. The van der Waals surface area contributed by atoms with E-state index in [2.05, 4.69) is 20.9 Å². The molecule has 0 saturated heterocycles. The second kappa shape index (κ2) is 4.76. The summed E-state index contributed by atoms with van der Waals surface area (Å²) in [7, 11) is 1.58. The van der Waals surface area contributed by atoms with Crippen LogP contribution in [0.5, 0.6) is 0 Å². The van der Waals surface area contributed by atoms with Crippen molar-refractivity contribution in [3.05, 3.63) is 40.8 Å². The predicted molar refractivity (Wildman–Crippen MR) is 66.1 cm³/mol. The third-order valence-electron chi connectivity index (χ3n) is 2.55. The minimum atomic E-state index is -4.26. The van der Waals surface area contributed by atoms with Crippen molar-refractivity contribution in [2.75, 3.05) is 0 Å². The van der Waals surface area contributed by atoms with Gasteiger partial charge in [-0.15, -0.1) is 0 Å². The molecule has 2 nitrogen and oxygen atoms in total. The lowest BCUT2D eigenvalue weighted by atomic mass is 10.2. The number of benzene rings is 1. The molecular formula is C12H10BrF3N2. The number of hydrogen-bond acceptors (Lipinski definition) is 1. The maximum Gasteiger partial charge on any atom is 0.396 e. The van der Waals surface area contributed by atoms with Crippen LogP contribution in [0.1, 0.15) is 5.82 Å². The molecule has 6 heteroatoms. The van der Waals surface area contributed by atoms with Crippen LogP contribution in [0.25, 0.3) is 11.3 Å². The van der Waals surface area contributed by atoms with Crippen LogP contribution in [0, 0.1) is 0 Å². The minimum absolute atomic E-state index is 0.00627. The third-order valence-corrected chi connectivity index (χ3v) is 3.10. The molecule has 2 rings (SSSR count). The van der Waals surface area contributed by atoms with Gasteiger partial charge in [0, 0.05) is 12.6 Å². The molecule has 1 heterocycles. The van der Waals surface area contributed by atoms with Gasteiger partial charge in [0.05, 0.1) is 5.69 Å². The number of halogens is 4. The highest BCUT2D eigenvalue weighted by Gasteiger charge is 2.31. The Hall–Kier alpha value is -1.30. The van der Waals surface area contributed by atoms with Crippen molar-refractivity contribution in [2.24, 2.45) is 7.05 Å². The lowest BCUT2D eigenvalue weighted by Gasteiger charge is -2.08. The fraction of sp³-hybridized carbons (Fsp3) is 0.250. The van der Waals surface area contributed by atoms with Crippen LogP contribution in [0.2, 0.25) is 0 Å². The molecule has 1 aromatic heterocycles. The molecule has 0 N–H and O–H groups in total. The summed E-state index contributed by atoms with van der Waals surface area (Å²) in [6.07, 6.45) is -5.29. The number of alkyl halides is 3. The Morgan fingerprint density at radius 1 is 1.22 bits per heavy atom. The van der Waals surface area contributed by atoms with Gasteiger partial charge in [0.1, 0.15) is 16.8 Å². The standard InChI is InChI=1S/C12H10BrF3N2/c1-18-9(7-12(14,15)16)17-11(13)10(18)8-5-3-2-4-6-8/h2-6H,7H2,1H3. The normalized spacial score (nSPS) is 11.8. The Labute approximate surface area is 111 Å². The monoisotopic (exact) mass is 318 g/mol. The van der Waals surface area contributed by atoms with Gasteiger partial charge in [-0.05, 0) is 15.9 Å². The molecular weight excluding hydrogens is 309 g/mol. The number of aromatic nitrogens is 2. The molecule has 0 atom stereocenters. The van der Waals surface area contributed by atoms with Gasteiger partial charge in [0.2, 0.25) is 0 Å². The van der Waals surface area contributed by atoms with Gasteiger partial charge >= 0.3 is 6.18 Å². The second-order valence-electron chi connectivity index (χ2n) is 3.88. The molecule has 0 amide bonds. The largest absolute Gasteiger partial charge is 0.396 e. The molecule has 1 aromatic carbocycles. The third kappa shape index (κ3) is 2.75. The fourth-order valence-electron chi connectivity index (χ4n) is 1.75. The van der Waals surface area contributed by atoms with Gasteiger partial charge in [-0.3, -0.25) is 0 Å². The van der Waals surface area contributed by atoms with Crippen molar-refractivity contribution in [2.45, 2.75) is 12.6 Å². The van der Waals surface area contributed by atoms with E-state index in [1.54, 1.807) is 7.05 Å². The van der Waals surface area contributed by atoms with Gasteiger partial charge in [0.25, 0.3) is 0 Å². The van der Waals surface area contributed by atoms with Gasteiger partial charge in [-0.25, -0.2) is 4.98 Å². The molecule has 0 fully saturated rings. The van der Waals surface area contributed by atoms with Crippen LogP contribution in [0.4, 0.5) is 13.2 Å². The van der Waals surface area contributed by atoms with Gasteiger partial charge < -0.3 is 4.57 Å². The summed E-state index contributed by atoms with van der Waals surface area (Å²) in [5.41, 5.74) is 1.47. The Morgan fingerprint density at radius 3 is 2.39 bits per heavy atom. The van der Waals surface area contributed by atoms with Crippen molar-refractivity contribution >= 4 is 15.9 Å². The molecule has 0 unspecified atom stereocenters. The van der Waals surface area contributed by atoms with Crippen LogP contribution < -0.4 is 0 Å². The van der Waals surface area contributed by atoms with E-state index in [0.29, 0.717) is 10.3 Å². The number of nitrogens with zero attached hydrogens (tertiary/aromatic N) is 2. The van der Waals surface area contributed by atoms with Crippen molar-refractivity contribution < 1.29 is 13.2 Å². The summed E-state index contributed by atoms with van der Waals surface area (Å²) in [6.45, 7) is 0. The summed E-state index contributed by atoms with van der Waals surface area (Å²) in [4.78, 5) is 3.93. The zero-order valence-corrected chi connectivity index (χ0v) is 11.1. The van der Waals surface area contributed by atoms with Crippen molar-refractivity contribution in [1.29, 1.82) is 0 Å². The van der Waals surface area contributed by atoms with Crippen LogP contribution in [0.3, 0.4) is 0 Å². The van der Waals surface area contributed by atoms with Crippen LogP contribution in [-0.4, -0.2) is 15.7 Å². The smallest absolute Gasteiger partial charge is 0.330 e. The minimum Gasteiger partial charge on any atom is -0.330 e. The average Bonchev–Trinajstić information content (AvgIpc) is 2.53. The number of rotatable bonds is 2. The van der Waals surface area contributed by atoms with E-state index in [9.17, 15) is 13.2 Å². The van der Waals surface area contributed by atoms with Crippen LogP contribution in [-0.2, 0) is 13.5 Å². The van der Waals surface area contributed by atoms with Gasteiger partial charge in [0.15, 0.2) is 0 Å². The van der Waals surface area contributed by atoms with Gasteiger partial charge in [-0.2, -0.15) is 13.2 Å². The Bertz CT molecular complexity index is 546. The Kier molecular flexibility index (Phi) is 3.47. The first-order valence-corrected chi connectivity index (χ1v) is 6.01. The molecule has 0 spiro atoms. The number of hydrogen-bond donors (Lipinski definition) is 0. The number of imidazole rings is 1. The summed E-state index contributed by atoms with van der Waals surface area (Å²) in [6, 6.07) is 9.18. The fourth-order valence-corrected chi connectivity index (χ4v) is 2.45. The molecule has 0 radical (unpaired) electrons. The van der Waals surface area contributed by atoms with Crippen molar-refractivity contribution in [1.82, 2.24) is 9.55 Å². The van der Waals surface area contributed by atoms with Crippen molar-refractivity contribution in [3.63, 3.8) is 0 Å². The summed E-state index contributed by atoms with van der Waals surface area (Å²) in [5.74, 6) is -0.00627. The zero-order valence-electron chi connectivity index (χ0n) is 9.50. The quantitative estimate of drug-likeness (QED) is 0.819. The molecule has 0 aliphatic rings. The van der Waals surface area contributed by atoms with E-state index in [4.69, 9.17) is 0 Å². The van der Waals surface area contributed by atoms with E-state index < -0.39 is 12.6 Å². The topological polar surface area (TPSA) is 17.8 Å². The average molecular weight is 319 g/mol.